The van der Waals surface area contributed by atoms with Crippen LogP contribution in [0.4, 0.5) is 13.2 Å². The van der Waals surface area contributed by atoms with Crippen molar-refractivity contribution < 1.29 is 17.9 Å². The molecule has 0 atom stereocenters. The molecule has 0 aliphatic carbocycles. The summed E-state index contributed by atoms with van der Waals surface area (Å²) in [5.41, 5.74) is 3.81. The molecule has 134 valence electrons. The Hall–Kier alpha value is -2.73. The molecule has 5 heteroatoms. The van der Waals surface area contributed by atoms with Crippen LogP contribution in [0.1, 0.15) is 11.1 Å². The van der Waals surface area contributed by atoms with Crippen molar-refractivity contribution in [1.82, 2.24) is 5.32 Å². The van der Waals surface area contributed by atoms with E-state index in [1.807, 2.05) is 48.5 Å². The molecule has 2 rings (SSSR count). The maximum absolute atomic E-state index is 11.9. The molecule has 0 saturated carbocycles. The van der Waals surface area contributed by atoms with E-state index in [4.69, 9.17) is 11.2 Å². The average molecular weight is 357 g/mol. The molecule has 0 aliphatic heterocycles. The van der Waals surface area contributed by atoms with Gasteiger partial charge in [0.25, 0.3) is 0 Å². The zero-order chi connectivity index (χ0) is 18.8. The number of hydrogen-bond acceptors (Lipinski definition) is 2. The van der Waals surface area contributed by atoms with Crippen molar-refractivity contribution in [2.45, 2.75) is 6.18 Å². The van der Waals surface area contributed by atoms with E-state index in [1.54, 1.807) is 0 Å². The average Bonchev–Trinajstić information content (AvgIpc) is 2.63. The number of alkyl halides is 3. The summed E-state index contributed by atoms with van der Waals surface area (Å²) in [6.07, 6.45) is 1.14. The lowest BCUT2D eigenvalue weighted by Gasteiger charge is -2.07. The van der Waals surface area contributed by atoms with Crippen LogP contribution in [-0.2, 0) is 4.74 Å². The fourth-order valence-corrected chi connectivity index (χ4v) is 2.14. The van der Waals surface area contributed by atoms with Crippen LogP contribution in [-0.4, -0.2) is 32.5 Å². The Morgan fingerprint density at radius 2 is 1.50 bits per heavy atom. The molecule has 0 saturated heterocycles. The van der Waals surface area contributed by atoms with Gasteiger partial charge in [-0.2, -0.15) is 13.2 Å². The number of hydrogen-bond donors (Lipinski definition) is 1. The van der Waals surface area contributed by atoms with E-state index >= 15 is 0 Å². The Bertz CT molecular complexity index is 791. The van der Waals surface area contributed by atoms with Gasteiger partial charge in [-0.3, -0.25) is 0 Å². The van der Waals surface area contributed by atoms with Gasteiger partial charge in [-0.25, -0.2) is 0 Å². The van der Waals surface area contributed by atoms with Gasteiger partial charge in [0, 0.05) is 17.7 Å². The SMILES string of the molecule is C#Cc1ccc(-c2ccc(C#CCOCCNCC(F)(F)F)cc2)cc1. The second kappa shape index (κ2) is 9.68. The van der Waals surface area contributed by atoms with Crippen LogP contribution in [0.3, 0.4) is 0 Å². The lowest BCUT2D eigenvalue weighted by atomic mass is 10.0. The topological polar surface area (TPSA) is 21.3 Å². The molecule has 1 N–H and O–H groups in total. The van der Waals surface area contributed by atoms with Crippen LogP contribution >= 0.6 is 0 Å². The monoisotopic (exact) mass is 357 g/mol. The molecule has 0 aliphatic rings. The lowest BCUT2D eigenvalue weighted by molar-refractivity contribution is -0.125. The van der Waals surface area contributed by atoms with E-state index in [0.717, 1.165) is 22.3 Å². The van der Waals surface area contributed by atoms with Crippen LogP contribution in [0.15, 0.2) is 48.5 Å². The summed E-state index contributed by atoms with van der Waals surface area (Å²) in [5, 5.41) is 2.25. The third-order valence-electron chi connectivity index (χ3n) is 3.43. The molecule has 0 heterocycles. The summed E-state index contributed by atoms with van der Waals surface area (Å²) < 4.78 is 40.9. The Balaban J connectivity index is 1.75. The summed E-state index contributed by atoms with van der Waals surface area (Å²) in [7, 11) is 0. The predicted octanol–water partition coefficient (Wildman–Crippen LogP) is 3.85. The van der Waals surface area contributed by atoms with Gasteiger partial charge in [-0.05, 0) is 35.4 Å². The third kappa shape index (κ3) is 7.03. The van der Waals surface area contributed by atoms with Crippen molar-refractivity contribution in [3.63, 3.8) is 0 Å². The molecule has 0 unspecified atom stereocenters. The van der Waals surface area contributed by atoms with Crippen LogP contribution in [0.25, 0.3) is 11.1 Å². The summed E-state index contributed by atoms with van der Waals surface area (Å²) in [5.74, 6) is 8.38. The van der Waals surface area contributed by atoms with Crippen LogP contribution in [0.2, 0.25) is 0 Å². The minimum absolute atomic E-state index is 0.133. The van der Waals surface area contributed by atoms with E-state index in [9.17, 15) is 13.2 Å². The fraction of sp³-hybridized carbons (Fsp3) is 0.238. The highest BCUT2D eigenvalue weighted by Crippen LogP contribution is 2.20. The van der Waals surface area contributed by atoms with Crippen molar-refractivity contribution in [3.8, 4) is 35.3 Å². The summed E-state index contributed by atoms with van der Waals surface area (Å²) in [4.78, 5) is 0. The molecule has 0 bridgehead atoms. The molecule has 26 heavy (non-hydrogen) atoms. The molecule has 2 aromatic rings. The minimum atomic E-state index is -4.20. The molecule has 0 amide bonds. The number of terminal acetylenes is 1. The van der Waals surface area contributed by atoms with Gasteiger partial charge < -0.3 is 10.1 Å². The molecule has 2 aromatic carbocycles. The largest absolute Gasteiger partial charge is 0.401 e. The molecular formula is C21H18F3NO. The first-order chi connectivity index (χ1) is 12.5. The molecule has 0 radical (unpaired) electrons. The number of halogens is 3. The van der Waals surface area contributed by atoms with Gasteiger partial charge in [-0.15, -0.1) is 6.42 Å². The van der Waals surface area contributed by atoms with Crippen molar-refractivity contribution in [1.29, 1.82) is 0 Å². The summed E-state index contributed by atoms with van der Waals surface area (Å²) in [6.45, 7) is -0.533. The second-order valence-electron chi connectivity index (χ2n) is 5.45. The van der Waals surface area contributed by atoms with Crippen LogP contribution < -0.4 is 5.32 Å². The normalized spacial score (nSPS) is 10.7. The maximum Gasteiger partial charge on any atom is 0.401 e. The quantitative estimate of drug-likeness (QED) is 0.626. The highest BCUT2D eigenvalue weighted by atomic mass is 19.4. The first-order valence-corrected chi connectivity index (χ1v) is 7.99. The second-order valence-corrected chi connectivity index (χ2v) is 5.45. The van der Waals surface area contributed by atoms with E-state index < -0.39 is 12.7 Å². The highest BCUT2D eigenvalue weighted by Gasteiger charge is 2.25. The molecule has 0 fully saturated rings. The Morgan fingerprint density at radius 3 is 2.04 bits per heavy atom. The molecule has 0 spiro atoms. The number of benzene rings is 2. The van der Waals surface area contributed by atoms with Gasteiger partial charge >= 0.3 is 6.18 Å². The fourth-order valence-electron chi connectivity index (χ4n) is 2.14. The Labute approximate surface area is 151 Å². The smallest absolute Gasteiger partial charge is 0.367 e. The van der Waals surface area contributed by atoms with Crippen LogP contribution in [0.5, 0.6) is 0 Å². The highest BCUT2D eigenvalue weighted by molar-refractivity contribution is 5.65. The lowest BCUT2D eigenvalue weighted by Crippen LogP contribution is -2.31. The minimum Gasteiger partial charge on any atom is -0.367 e. The van der Waals surface area contributed by atoms with Crippen molar-refractivity contribution in [2.75, 3.05) is 26.3 Å². The Morgan fingerprint density at radius 1 is 0.923 bits per heavy atom. The first-order valence-electron chi connectivity index (χ1n) is 7.99. The standard InChI is InChI=1S/C21H18F3NO/c1-2-17-5-9-19(10-6-17)20-11-7-18(8-12-20)4-3-14-26-15-13-25-16-21(22,23)24/h1,5-12,25H,13-16H2. The zero-order valence-electron chi connectivity index (χ0n) is 14.1. The molecule has 0 aromatic heterocycles. The molecular weight excluding hydrogens is 339 g/mol. The van der Waals surface area contributed by atoms with Gasteiger partial charge in [0.05, 0.1) is 13.2 Å². The number of nitrogens with one attached hydrogen (secondary N) is 1. The Kier molecular flexibility index (Phi) is 7.29. The van der Waals surface area contributed by atoms with E-state index in [-0.39, 0.29) is 19.8 Å². The zero-order valence-corrected chi connectivity index (χ0v) is 14.1. The van der Waals surface area contributed by atoms with Gasteiger partial charge in [0.15, 0.2) is 0 Å². The van der Waals surface area contributed by atoms with Crippen molar-refractivity contribution in [3.05, 3.63) is 59.7 Å². The number of rotatable bonds is 6. The van der Waals surface area contributed by atoms with Crippen molar-refractivity contribution >= 4 is 0 Å². The van der Waals surface area contributed by atoms with E-state index in [2.05, 4.69) is 23.1 Å². The third-order valence-corrected chi connectivity index (χ3v) is 3.43. The predicted molar refractivity (Wildman–Crippen MR) is 96.4 cm³/mol. The molecule has 2 nitrogen and oxygen atoms in total. The van der Waals surface area contributed by atoms with Gasteiger partial charge in [0.1, 0.15) is 6.61 Å². The van der Waals surface area contributed by atoms with Crippen molar-refractivity contribution in [2.24, 2.45) is 0 Å². The van der Waals surface area contributed by atoms with Crippen LogP contribution in [0, 0.1) is 24.2 Å². The summed E-state index contributed by atoms with van der Waals surface area (Å²) in [6, 6.07) is 15.5. The number of ether oxygens (including phenoxy) is 1. The summed E-state index contributed by atoms with van der Waals surface area (Å²) >= 11 is 0. The van der Waals surface area contributed by atoms with E-state index in [1.165, 1.54) is 0 Å². The maximum atomic E-state index is 11.9. The van der Waals surface area contributed by atoms with Gasteiger partial charge in [0.2, 0.25) is 0 Å². The first kappa shape index (κ1) is 19.6. The van der Waals surface area contributed by atoms with Gasteiger partial charge in [-0.1, -0.05) is 42.0 Å². The van der Waals surface area contributed by atoms with E-state index in [0.29, 0.717) is 0 Å².